The second kappa shape index (κ2) is 18.7. The van der Waals surface area contributed by atoms with Gasteiger partial charge in [-0.1, -0.05) is 90.7 Å². The van der Waals surface area contributed by atoms with E-state index in [0.29, 0.717) is 24.5 Å². The number of hydrogen-bond acceptors (Lipinski definition) is 10. The number of ketones is 1. The number of aromatic nitrogens is 2. The molecule has 4 atom stereocenters. The highest BCUT2D eigenvalue weighted by Gasteiger charge is 2.75. The Bertz CT molecular complexity index is 1250. The van der Waals surface area contributed by atoms with Crippen molar-refractivity contribution in [1.82, 2.24) is 24.7 Å². The lowest BCUT2D eigenvalue weighted by molar-refractivity contribution is -0.206. The van der Waals surface area contributed by atoms with Crippen molar-refractivity contribution in [2.24, 2.45) is 10.8 Å². The van der Waals surface area contributed by atoms with Crippen LogP contribution in [-0.4, -0.2) is 102 Å². The van der Waals surface area contributed by atoms with Crippen molar-refractivity contribution in [3.05, 3.63) is 60.2 Å². The number of unbranched alkanes of at least 4 members (excludes halogenated alkanes) is 9. The SMILES string of the molecule is CCCCCCCCCCCCN1[C@@H](c2ccccn2)[C@@]2(C(=O)OC)CN(CCN(CC)CC)C[C@](C(=O)OC)(C2=O)[C@H]1c1ccccn1. The smallest absolute Gasteiger partial charge is 0.322 e. The number of nitrogens with zero attached hydrogens (tertiary/aromatic N) is 5. The number of pyridine rings is 2. The van der Waals surface area contributed by atoms with E-state index in [-0.39, 0.29) is 13.1 Å². The molecule has 2 fully saturated rings. The minimum absolute atomic E-state index is 0.114. The number of carbonyl (C=O) groups excluding carboxylic acids is 3. The van der Waals surface area contributed by atoms with E-state index in [1.165, 1.54) is 59.2 Å². The lowest BCUT2D eigenvalue weighted by Gasteiger charge is -2.61. The highest BCUT2D eigenvalue weighted by Crippen LogP contribution is 2.60. The second-order valence-corrected chi connectivity index (χ2v) is 13.7. The van der Waals surface area contributed by atoms with E-state index in [2.05, 4.69) is 35.5 Å². The van der Waals surface area contributed by atoms with Crippen LogP contribution in [0.3, 0.4) is 0 Å². The molecule has 2 aliphatic heterocycles. The molecule has 270 valence electrons. The molecule has 2 saturated heterocycles. The van der Waals surface area contributed by atoms with Gasteiger partial charge in [-0.05, 0) is 50.3 Å². The average molecular weight is 678 g/mol. The Labute approximate surface area is 293 Å². The predicted octanol–water partition coefficient (Wildman–Crippen LogP) is 6.04. The fourth-order valence-corrected chi connectivity index (χ4v) is 8.28. The highest BCUT2D eigenvalue weighted by atomic mass is 16.5. The van der Waals surface area contributed by atoms with Gasteiger partial charge in [0, 0.05) is 38.6 Å². The molecule has 2 bridgehead atoms. The Morgan fingerprint density at radius 2 is 1.20 bits per heavy atom. The molecule has 2 aromatic heterocycles. The minimum Gasteiger partial charge on any atom is -0.468 e. The van der Waals surface area contributed by atoms with Crippen LogP contribution in [0.4, 0.5) is 0 Å². The maximum Gasteiger partial charge on any atom is 0.322 e. The summed E-state index contributed by atoms with van der Waals surface area (Å²) >= 11 is 0. The summed E-state index contributed by atoms with van der Waals surface area (Å²) in [4.78, 5) is 60.2. The summed E-state index contributed by atoms with van der Waals surface area (Å²) in [5.41, 5.74) is -2.25. The molecule has 0 N–H and O–H groups in total. The van der Waals surface area contributed by atoms with E-state index < -0.39 is 40.6 Å². The largest absolute Gasteiger partial charge is 0.468 e. The Morgan fingerprint density at radius 3 is 1.61 bits per heavy atom. The van der Waals surface area contributed by atoms with Crippen LogP contribution in [0, 0.1) is 10.8 Å². The van der Waals surface area contributed by atoms with E-state index in [0.717, 1.165) is 38.9 Å². The third-order valence-electron chi connectivity index (χ3n) is 10.8. The number of esters is 2. The topological polar surface area (TPSA) is 105 Å². The Morgan fingerprint density at radius 1 is 0.735 bits per heavy atom. The summed E-state index contributed by atoms with van der Waals surface area (Å²) < 4.78 is 11.1. The number of ether oxygens (including phenoxy) is 2. The van der Waals surface area contributed by atoms with Crippen LogP contribution >= 0.6 is 0 Å². The molecule has 0 radical (unpaired) electrons. The third kappa shape index (κ3) is 8.24. The van der Waals surface area contributed by atoms with Gasteiger partial charge in [-0.3, -0.25) is 34.2 Å². The molecule has 2 aliphatic rings. The monoisotopic (exact) mass is 677 g/mol. The van der Waals surface area contributed by atoms with Gasteiger partial charge >= 0.3 is 11.9 Å². The first-order valence-corrected chi connectivity index (χ1v) is 18.6. The highest BCUT2D eigenvalue weighted by molar-refractivity contribution is 6.17. The van der Waals surface area contributed by atoms with Crippen molar-refractivity contribution < 1.29 is 23.9 Å². The van der Waals surface area contributed by atoms with Crippen molar-refractivity contribution >= 4 is 17.7 Å². The first-order valence-electron chi connectivity index (χ1n) is 18.6. The maximum atomic E-state index is 15.4. The summed E-state index contributed by atoms with van der Waals surface area (Å²) in [6.45, 7) is 10.3. The molecule has 0 aromatic carbocycles. The first-order chi connectivity index (χ1) is 23.8. The van der Waals surface area contributed by atoms with Gasteiger partial charge in [0.25, 0.3) is 0 Å². The van der Waals surface area contributed by atoms with Gasteiger partial charge in [0.15, 0.2) is 16.6 Å². The molecule has 49 heavy (non-hydrogen) atoms. The molecule has 0 spiro atoms. The molecule has 10 nitrogen and oxygen atoms in total. The number of methoxy groups -OCH3 is 2. The lowest BCUT2D eigenvalue weighted by atomic mass is 9.54. The van der Waals surface area contributed by atoms with E-state index >= 15 is 4.79 Å². The van der Waals surface area contributed by atoms with Crippen molar-refractivity contribution in [1.29, 1.82) is 0 Å². The summed E-state index contributed by atoms with van der Waals surface area (Å²) in [6, 6.07) is 9.62. The second-order valence-electron chi connectivity index (χ2n) is 13.7. The van der Waals surface area contributed by atoms with Crippen LogP contribution in [0.2, 0.25) is 0 Å². The number of likely N-dealkylation sites (N-methyl/N-ethyl adjacent to an activating group) is 1. The first kappa shape index (κ1) is 38.6. The number of likely N-dealkylation sites (tertiary alicyclic amines) is 2. The van der Waals surface area contributed by atoms with Crippen molar-refractivity contribution in [2.45, 2.75) is 97.1 Å². The van der Waals surface area contributed by atoms with Gasteiger partial charge in [-0.2, -0.15) is 0 Å². The minimum atomic E-state index is -1.72. The van der Waals surface area contributed by atoms with Crippen LogP contribution < -0.4 is 0 Å². The van der Waals surface area contributed by atoms with Gasteiger partial charge in [0.05, 0.1) is 37.7 Å². The van der Waals surface area contributed by atoms with Crippen molar-refractivity contribution in [3.63, 3.8) is 0 Å². The van der Waals surface area contributed by atoms with Crippen LogP contribution in [0.25, 0.3) is 0 Å². The third-order valence-corrected chi connectivity index (χ3v) is 10.8. The number of rotatable bonds is 20. The summed E-state index contributed by atoms with van der Waals surface area (Å²) in [6.07, 6.45) is 15.2. The molecule has 0 amide bonds. The molecule has 0 aliphatic carbocycles. The molecule has 4 rings (SSSR count). The predicted molar refractivity (Wildman–Crippen MR) is 191 cm³/mol. The molecule has 10 heteroatoms. The van der Waals surface area contributed by atoms with Crippen LogP contribution in [0.5, 0.6) is 0 Å². The van der Waals surface area contributed by atoms with Gasteiger partial charge in [-0.25, -0.2) is 0 Å². The molecule has 2 aromatic rings. The zero-order valence-electron chi connectivity index (χ0n) is 30.6. The van der Waals surface area contributed by atoms with Crippen LogP contribution in [0.1, 0.15) is 108 Å². The Balaban J connectivity index is 1.81. The summed E-state index contributed by atoms with van der Waals surface area (Å²) in [7, 11) is 2.65. The van der Waals surface area contributed by atoms with Gasteiger partial charge in [-0.15, -0.1) is 0 Å². The summed E-state index contributed by atoms with van der Waals surface area (Å²) in [5.74, 6) is -1.77. The number of carbonyl (C=O) groups is 3. The zero-order valence-corrected chi connectivity index (χ0v) is 30.6. The molecule has 0 unspecified atom stereocenters. The van der Waals surface area contributed by atoms with Gasteiger partial charge in [0.2, 0.25) is 0 Å². The zero-order chi connectivity index (χ0) is 35.3. The van der Waals surface area contributed by atoms with Crippen LogP contribution in [0.15, 0.2) is 48.8 Å². The number of fused-ring (bicyclic) bond motifs is 2. The fourth-order valence-electron chi connectivity index (χ4n) is 8.28. The molecular formula is C39H59N5O5. The van der Waals surface area contributed by atoms with E-state index in [1.54, 1.807) is 12.4 Å². The van der Waals surface area contributed by atoms with E-state index in [9.17, 15) is 9.59 Å². The molecule has 4 heterocycles. The molecule has 0 saturated carbocycles. The average Bonchev–Trinajstić information content (AvgIpc) is 3.13. The number of hydrogen-bond donors (Lipinski definition) is 0. The van der Waals surface area contributed by atoms with Gasteiger partial charge in [0.1, 0.15) is 0 Å². The van der Waals surface area contributed by atoms with Crippen molar-refractivity contribution in [3.8, 4) is 0 Å². The number of Topliss-reactive ketones (excluding diaryl/α,β-unsaturated/α-hetero) is 1. The van der Waals surface area contributed by atoms with E-state index in [4.69, 9.17) is 19.4 Å². The standard InChI is InChI=1S/C39H59N5O5/c1-6-9-10-11-12-13-14-15-16-21-26-44-33(31-22-17-19-24-40-31)38(36(46)48-4)29-43(28-27-42(7-2)8-3)30-39(35(38)45,37(47)49-5)34(44)32-23-18-20-25-41-32/h17-20,22-25,33-34H,6-16,21,26-30H2,1-5H3/t33-,34+,38-,39+. The van der Waals surface area contributed by atoms with Crippen molar-refractivity contribution in [2.75, 3.05) is 60.0 Å². The van der Waals surface area contributed by atoms with Gasteiger partial charge < -0.3 is 14.4 Å². The normalized spacial score (nSPS) is 24.2. The summed E-state index contributed by atoms with van der Waals surface area (Å²) in [5, 5.41) is 0. The maximum absolute atomic E-state index is 15.4. The quantitative estimate of drug-likeness (QED) is 0.0936. The Kier molecular flexibility index (Phi) is 14.7. The number of piperidine rings is 2. The van der Waals surface area contributed by atoms with Crippen LogP contribution in [-0.2, 0) is 23.9 Å². The van der Waals surface area contributed by atoms with E-state index in [1.807, 2.05) is 36.4 Å². The fraction of sp³-hybridized carbons (Fsp3) is 0.667. The Hall–Kier alpha value is -3.21. The molecular weight excluding hydrogens is 618 g/mol. The lowest BCUT2D eigenvalue weighted by Crippen LogP contribution is -2.76.